The predicted octanol–water partition coefficient (Wildman–Crippen LogP) is 3.92. The molecule has 4 amide bonds. The maximum Gasteiger partial charge on any atom is 0.410 e. The van der Waals surface area contributed by atoms with E-state index in [0.29, 0.717) is 5.69 Å². The lowest BCUT2D eigenvalue weighted by Gasteiger charge is -2.40. The molecule has 2 aliphatic rings. The molecule has 1 saturated heterocycles. The molecule has 0 aromatic heterocycles. The maximum atomic E-state index is 13.5. The number of ether oxygens (including phenoxy) is 1. The van der Waals surface area contributed by atoms with Crippen molar-refractivity contribution in [2.45, 2.75) is 32.2 Å². The van der Waals surface area contributed by atoms with Gasteiger partial charge in [0.15, 0.2) is 0 Å². The lowest BCUT2D eigenvalue weighted by molar-refractivity contribution is -0.135. The molecule has 9 nitrogen and oxygen atoms in total. The standard InChI is InChI=1S/C32H34N4O5/c1-21-11-13-23(14-12-21)34-30(38)17-24-19-35(31(39)18-33-22(2)37)15-16-36(24)32(40)41-20-29-27-9-5-3-7-25(27)26-8-4-6-10-28(26)29/h3-14,24,29H,15-20H2,1-2H3,(H,33,37)(H,34,38). The van der Waals surface area contributed by atoms with Crippen LogP contribution in [-0.2, 0) is 19.1 Å². The number of nitrogens with zero attached hydrogens (tertiary/aromatic N) is 2. The fourth-order valence-electron chi connectivity index (χ4n) is 5.55. The quantitative estimate of drug-likeness (QED) is 0.460. The lowest BCUT2D eigenvalue weighted by atomic mass is 9.98. The Kier molecular flexibility index (Phi) is 8.33. The van der Waals surface area contributed by atoms with E-state index in [1.54, 1.807) is 9.80 Å². The van der Waals surface area contributed by atoms with Crippen molar-refractivity contribution in [3.8, 4) is 11.1 Å². The first-order valence-corrected chi connectivity index (χ1v) is 13.8. The first-order chi connectivity index (χ1) is 19.8. The van der Waals surface area contributed by atoms with Crippen LogP contribution in [0.4, 0.5) is 10.5 Å². The van der Waals surface area contributed by atoms with E-state index in [1.807, 2.05) is 55.5 Å². The summed E-state index contributed by atoms with van der Waals surface area (Å²) in [6.45, 7) is 3.99. The molecular weight excluding hydrogens is 520 g/mol. The molecule has 1 fully saturated rings. The highest BCUT2D eigenvalue weighted by Gasteiger charge is 2.36. The number of piperazine rings is 1. The van der Waals surface area contributed by atoms with Crippen LogP contribution in [0.2, 0.25) is 0 Å². The summed E-state index contributed by atoms with van der Waals surface area (Å²) in [4.78, 5) is 53.7. The van der Waals surface area contributed by atoms with Crippen LogP contribution >= 0.6 is 0 Å². The molecule has 1 unspecified atom stereocenters. The van der Waals surface area contributed by atoms with Gasteiger partial charge < -0.3 is 25.2 Å². The third-order valence-corrected chi connectivity index (χ3v) is 7.65. The number of hydrogen-bond donors (Lipinski definition) is 2. The Hall–Kier alpha value is -4.66. The Labute approximate surface area is 239 Å². The second kappa shape index (κ2) is 12.2. The number of fused-ring (bicyclic) bond motifs is 3. The number of anilines is 1. The van der Waals surface area contributed by atoms with Crippen LogP contribution in [0.15, 0.2) is 72.8 Å². The summed E-state index contributed by atoms with van der Waals surface area (Å²) in [6, 6.07) is 23.1. The largest absolute Gasteiger partial charge is 0.448 e. The monoisotopic (exact) mass is 554 g/mol. The SMILES string of the molecule is CC(=O)NCC(=O)N1CCN(C(=O)OCC2c3ccccc3-c3ccccc32)C(CC(=O)Nc2ccc(C)cc2)C1. The average Bonchev–Trinajstić information content (AvgIpc) is 3.29. The summed E-state index contributed by atoms with van der Waals surface area (Å²) in [6.07, 6.45) is -0.531. The minimum Gasteiger partial charge on any atom is -0.448 e. The van der Waals surface area contributed by atoms with E-state index in [2.05, 4.69) is 34.9 Å². The Balaban J connectivity index is 1.29. The van der Waals surface area contributed by atoms with Gasteiger partial charge in [-0.3, -0.25) is 14.4 Å². The highest BCUT2D eigenvalue weighted by atomic mass is 16.6. The molecule has 1 aliphatic carbocycles. The number of carbonyl (C=O) groups is 4. The van der Waals surface area contributed by atoms with Gasteiger partial charge in [-0.2, -0.15) is 0 Å². The van der Waals surface area contributed by atoms with Gasteiger partial charge >= 0.3 is 6.09 Å². The van der Waals surface area contributed by atoms with Gasteiger partial charge in [-0.05, 0) is 41.3 Å². The molecule has 1 atom stereocenters. The lowest BCUT2D eigenvalue weighted by Crippen LogP contribution is -2.58. The third-order valence-electron chi connectivity index (χ3n) is 7.65. The molecule has 0 spiro atoms. The second-order valence-corrected chi connectivity index (χ2v) is 10.5. The van der Waals surface area contributed by atoms with Crippen molar-refractivity contribution in [2.75, 3.05) is 38.1 Å². The molecule has 41 heavy (non-hydrogen) atoms. The first kappa shape index (κ1) is 27.9. The summed E-state index contributed by atoms with van der Waals surface area (Å²) in [5, 5.41) is 5.40. The van der Waals surface area contributed by atoms with E-state index in [1.165, 1.54) is 6.92 Å². The number of hydrogen-bond acceptors (Lipinski definition) is 5. The van der Waals surface area contributed by atoms with Crippen LogP contribution in [0.3, 0.4) is 0 Å². The van der Waals surface area contributed by atoms with E-state index in [9.17, 15) is 19.2 Å². The zero-order valence-corrected chi connectivity index (χ0v) is 23.3. The number of benzene rings is 3. The molecular formula is C32H34N4O5. The smallest absolute Gasteiger partial charge is 0.410 e. The van der Waals surface area contributed by atoms with Gasteiger partial charge in [0.25, 0.3) is 0 Å². The molecule has 3 aromatic rings. The molecule has 0 radical (unpaired) electrons. The van der Waals surface area contributed by atoms with Gasteiger partial charge in [0.2, 0.25) is 17.7 Å². The summed E-state index contributed by atoms with van der Waals surface area (Å²) in [7, 11) is 0. The van der Waals surface area contributed by atoms with Gasteiger partial charge in [0.1, 0.15) is 6.61 Å². The number of nitrogens with one attached hydrogen (secondary N) is 2. The molecule has 5 rings (SSSR count). The van der Waals surface area contributed by atoms with Crippen LogP contribution in [0.5, 0.6) is 0 Å². The zero-order chi connectivity index (χ0) is 28.9. The fraction of sp³-hybridized carbons (Fsp3) is 0.312. The molecule has 9 heteroatoms. The highest BCUT2D eigenvalue weighted by Crippen LogP contribution is 2.44. The predicted molar refractivity (Wildman–Crippen MR) is 155 cm³/mol. The summed E-state index contributed by atoms with van der Waals surface area (Å²) < 4.78 is 5.89. The van der Waals surface area contributed by atoms with Crippen LogP contribution < -0.4 is 10.6 Å². The highest BCUT2D eigenvalue weighted by molar-refractivity contribution is 5.91. The summed E-state index contributed by atoms with van der Waals surface area (Å²) >= 11 is 0. The number of carbonyl (C=O) groups excluding carboxylic acids is 4. The Morgan fingerprint density at radius 1 is 0.878 bits per heavy atom. The van der Waals surface area contributed by atoms with Crippen molar-refractivity contribution in [1.29, 1.82) is 0 Å². The van der Waals surface area contributed by atoms with Crippen molar-refractivity contribution < 1.29 is 23.9 Å². The van der Waals surface area contributed by atoms with Crippen LogP contribution in [0.1, 0.15) is 36.0 Å². The summed E-state index contributed by atoms with van der Waals surface area (Å²) in [5.74, 6) is -0.928. The molecule has 3 aromatic carbocycles. The van der Waals surface area contributed by atoms with Crippen LogP contribution in [-0.4, -0.2) is 72.4 Å². The van der Waals surface area contributed by atoms with Crippen LogP contribution in [0.25, 0.3) is 11.1 Å². The van der Waals surface area contributed by atoms with E-state index < -0.39 is 12.1 Å². The molecule has 2 N–H and O–H groups in total. The Bertz CT molecular complexity index is 1410. The minimum absolute atomic E-state index is 0.0119. The first-order valence-electron chi connectivity index (χ1n) is 13.8. The van der Waals surface area contributed by atoms with E-state index >= 15 is 0 Å². The van der Waals surface area contributed by atoms with Gasteiger partial charge in [0, 0.05) is 44.6 Å². The molecule has 0 bridgehead atoms. The normalized spacial score (nSPS) is 16.0. The molecule has 212 valence electrons. The summed E-state index contributed by atoms with van der Waals surface area (Å²) in [5.41, 5.74) is 6.24. The topological polar surface area (TPSA) is 108 Å². The van der Waals surface area contributed by atoms with E-state index in [0.717, 1.165) is 27.8 Å². The zero-order valence-electron chi connectivity index (χ0n) is 23.3. The van der Waals surface area contributed by atoms with Crippen molar-refractivity contribution >= 4 is 29.5 Å². The van der Waals surface area contributed by atoms with Crippen molar-refractivity contribution in [1.82, 2.24) is 15.1 Å². The third kappa shape index (κ3) is 6.40. The average molecular weight is 555 g/mol. The number of amides is 4. The van der Waals surface area contributed by atoms with Gasteiger partial charge in [-0.15, -0.1) is 0 Å². The van der Waals surface area contributed by atoms with Gasteiger partial charge in [0.05, 0.1) is 12.6 Å². The number of rotatable bonds is 7. The maximum absolute atomic E-state index is 13.5. The Morgan fingerprint density at radius 2 is 1.51 bits per heavy atom. The van der Waals surface area contributed by atoms with Crippen molar-refractivity contribution in [2.24, 2.45) is 0 Å². The minimum atomic E-state index is -0.592. The molecule has 1 heterocycles. The molecule has 0 saturated carbocycles. The second-order valence-electron chi connectivity index (χ2n) is 10.5. The van der Waals surface area contributed by atoms with E-state index in [4.69, 9.17) is 4.74 Å². The van der Waals surface area contributed by atoms with Crippen molar-refractivity contribution in [3.05, 3.63) is 89.5 Å². The van der Waals surface area contributed by atoms with Gasteiger partial charge in [-0.25, -0.2) is 4.79 Å². The van der Waals surface area contributed by atoms with Gasteiger partial charge in [-0.1, -0.05) is 66.2 Å². The van der Waals surface area contributed by atoms with E-state index in [-0.39, 0.29) is 62.8 Å². The number of aryl methyl sites for hydroxylation is 1. The van der Waals surface area contributed by atoms with Crippen molar-refractivity contribution in [3.63, 3.8) is 0 Å². The fourth-order valence-corrected chi connectivity index (χ4v) is 5.55. The Morgan fingerprint density at radius 3 is 2.15 bits per heavy atom. The van der Waals surface area contributed by atoms with Crippen LogP contribution in [0, 0.1) is 6.92 Å². The molecule has 1 aliphatic heterocycles.